The quantitative estimate of drug-likeness (QED) is 0.686. The van der Waals surface area contributed by atoms with E-state index in [1.54, 1.807) is 0 Å². The SMILES string of the molecule is C[C@@H]1CCC[C@H](C)N1CCCCCCO. The Kier molecular flexibility index (Phi) is 6.26. The number of aliphatic hydroxyl groups is 1. The molecule has 1 rings (SSSR count). The van der Waals surface area contributed by atoms with E-state index < -0.39 is 0 Å². The number of unbranched alkanes of at least 4 members (excludes halogenated alkanes) is 3. The smallest absolute Gasteiger partial charge is 0.0431 e. The van der Waals surface area contributed by atoms with E-state index in [9.17, 15) is 0 Å². The first-order chi connectivity index (χ1) is 7.25. The molecule has 0 amide bonds. The molecule has 0 aliphatic carbocycles. The third kappa shape index (κ3) is 4.52. The molecule has 0 aromatic rings. The second-order valence-corrected chi connectivity index (χ2v) is 5.00. The van der Waals surface area contributed by atoms with Crippen molar-refractivity contribution in [3.8, 4) is 0 Å². The van der Waals surface area contributed by atoms with Crippen LogP contribution in [0.1, 0.15) is 58.8 Å². The van der Waals surface area contributed by atoms with Crippen molar-refractivity contribution in [2.75, 3.05) is 13.2 Å². The molecular weight excluding hydrogens is 186 g/mol. The van der Waals surface area contributed by atoms with Crippen molar-refractivity contribution in [3.05, 3.63) is 0 Å². The van der Waals surface area contributed by atoms with Gasteiger partial charge in [-0.1, -0.05) is 19.3 Å². The van der Waals surface area contributed by atoms with Crippen LogP contribution in [-0.2, 0) is 0 Å². The van der Waals surface area contributed by atoms with Crippen molar-refractivity contribution >= 4 is 0 Å². The number of hydrogen-bond donors (Lipinski definition) is 1. The van der Waals surface area contributed by atoms with Gasteiger partial charge in [0.25, 0.3) is 0 Å². The van der Waals surface area contributed by atoms with Crippen molar-refractivity contribution in [1.29, 1.82) is 0 Å². The van der Waals surface area contributed by atoms with Gasteiger partial charge in [0.2, 0.25) is 0 Å². The van der Waals surface area contributed by atoms with E-state index in [1.165, 1.54) is 45.1 Å². The lowest BCUT2D eigenvalue weighted by Gasteiger charge is -2.39. The van der Waals surface area contributed by atoms with Crippen molar-refractivity contribution in [2.24, 2.45) is 0 Å². The molecule has 0 radical (unpaired) electrons. The summed E-state index contributed by atoms with van der Waals surface area (Å²) in [7, 11) is 0. The van der Waals surface area contributed by atoms with Crippen LogP contribution in [-0.4, -0.2) is 35.2 Å². The molecule has 2 nitrogen and oxygen atoms in total. The Hall–Kier alpha value is -0.0800. The fourth-order valence-corrected chi connectivity index (χ4v) is 2.68. The Morgan fingerprint density at radius 1 is 1.00 bits per heavy atom. The van der Waals surface area contributed by atoms with Crippen molar-refractivity contribution in [2.45, 2.75) is 70.9 Å². The van der Waals surface area contributed by atoms with Crippen LogP contribution < -0.4 is 0 Å². The molecule has 0 aromatic carbocycles. The van der Waals surface area contributed by atoms with Gasteiger partial charge in [0.15, 0.2) is 0 Å². The van der Waals surface area contributed by atoms with Crippen LogP contribution in [0.3, 0.4) is 0 Å². The van der Waals surface area contributed by atoms with Crippen LogP contribution in [0, 0.1) is 0 Å². The van der Waals surface area contributed by atoms with Crippen LogP contribution in [0.25, 0.3) is 0 Å². The Bertz CT molecular complexity index is 151. The lowest BCUT2D eigenvalue weighted by atomic mass is 9.97. The van der Waals surface area contributed by atoms with Gasteiger partial charge in [0.05, 0.1) is 0 Å². The minimum Gasteiger partial charge on any atom is -0.396 e. The Labute approximate surface area is 94.7 Å². The van der Waals surface area contributed by atoms with Crippen molar-refractivity contribution in [3.63, 3.8) is 0 Å². The normalized spacial score (nSPS) is 28.2. The summed E-state index contributed by atoms with van der Waals surface area (Å²) < 4.78 is 0. The highest BCUT2D eigenvalue weighted by molar-refractivity contribution is 4.79. The van der Waals surface area contributed by atoms with E-state index in [1.807, 2.05) is 0 Å². The van der Waals surface area contributed by atoms with E-state index in [2.05, 4.69) is 18.7 Å². The molecule has 90 valence electrons. The second kappa shape index (κ2) is 7.24. The molecule has 0 aromatic heterocycles. The predicted octanol–water partition coefficient (Wildman–Crippen LogP) is 2.80. The maximum absolute atomic E-state index is 8.69. The van der Waals surface area contributed by atoms with Gasteiger partial charge in [0.1, 0.15) is 0 Å². The third-order valence-electron chi connectivity index (χ3n) is 3.70. The molecule has 1 N–H and O–H groups in total. The summed E-state index contributed by atoms with van der Waals surface area (Å²) in [5.41, 5.74) is 0. The summed E-state index contributed by atoms with van der Waals surface area (Å²) >= 11 is 0. The molecule has 0 unspecified atom stereocenters. The van der Waals surface area contributed by atoms with Gasteiger partial charge < -0.3 is 5.11 Å². The van der Waals surface area contributed by atoms with E-state index in [0.717, 1.165) is 18.5 Å². The number of nitrogens with zero attached hydrogens (tertiary/aromatic N) is 1. The highest BCUT2D eigenvalue weighted by atomic mass is 16.2. The first-order valence-corrected chi connectivity index (χ1v) is 6.62. The zero-order valence-corrected chi connectivity index (χ0v) is 10.4. The summed E-state index contributed by atoms with van der Waals surface area (Å²) in [5, 5.41) is 8.69. The molecule has 0 saturated carbocycles. The average Bonchev–Trinajstić information content (AvgIpc) is 2.21. The molecule has 15 heavy (non-hydrogen) atoms. The molecule has 1 heterocycles. The maximum Gasteiger partial charge on any atom is 0.0431 e. The predicted molar refractivity (Wildman–Crippen MR) is 65.0 cm³/mol. The topological polar surface area (TPSA) is 23.5 Å². The summed E-state index contributed by atoms with van der Waals surface area (Å²) in [6.45, 7) is 6.34. The lowest BCUT2D eigenvalue weighted by Crippen LogP contribution is -2.44. The monoisotopic (exact) mass is 213 g/mol. The van der Waals surface area contributed by atoms with Gasteiger partial charge in [-0.15, -0.1) is 0 Å². The molecule has 2 heteroatoms. The summed E-state index contributed by atoms with van der Waals surface area (Å²) in [4.78, 5) is 2.67. The number of rotatable bonds is 6. The summed E-state index contributed by atoms with van der Waals surface area (Å²) in [6.07, 6.45) is 8.90. The summed E-state index contributed by atoms with van der Waals surface area (Å²) in [6, 6.07) is 1.57. The molecular formula is C13H27NO. The Morgan fingerprint density at radius 2 is 1.60 bits per heavy atom. The fraction of sp³-hybridized carbons (Fsp3) is 1.00. The first-order valence-electron chi connectivity index (χ1n) is 6.62. The highest BCUT2D eigenvalue weighted by Gasteiger charge is 2.23. The van der Waals surface area contributed by atoms with Crippen LogP contribution in [0.4, 0.5) is 0 Å². The summed E-state index contributed by atoms with van der Waals surface area (Å²) in [5.74, 6) is 0. The standard InChI is InChI=1S/C13H27NO/c1-12-8-7-9-13(2)14(12)10-5-3-4-6-11-15/h12-13,15H,3-11H2,1-2H3/t12-,13+. The van der Waals surface area contributed by atoms with Gasteiger partial charge in [-0.2, -0.15) is 0 Å². The van der Waals surface area contributed by atoms with Crippen LogP contribution in [0.15, 0.2) is 0 Å². The molecule has 1 saturated heterocycles. The van der Waals surface area contributed by atoms with Gasteiger partial charge in [-0.25, -0.2) is 0 Å². The molecule has 1 fully saturated rings. The van der Waals surface area contributed by atoms with E-state index in [-0.39, 0.29) is 0 Å². The zero-order valence-electron chi connectivity index (χ0n) is 10.4. The second-order valence-electron chi connectivity index (χ2n) is 5.00. The molecule has 0 spiro atoms. The van der Waals surface area contributed by atoms with Crippen LogP contribution in [0.2, 0.25) is 0 Å². The van der Waals surface area contributed by atoms with Crippen LogP contribution in [0.5, 0.6) is 0 Å². The minimum absolute atomic E-state index is 0.358. The molecule has 1 aliphatic heterocycles. The van der Waals surface area contributed by atoms with Gasteiger partial charge >= 0.3 is 0 Å². The number of likely N-dealkylation sites (tertiary alicyclic amines) is 1. The number of hydrogen-bond acceptors (Lipinski definition) is 2. The van der Waals surface area contributed by atoms with Crippen LogP contribution >= 0.6 is 0 Å². The van der Waals surface area contributed by atoms with E-state index in [0.29, 0.717) is 6.61 Å². The lowest BCUT2D eigenvalue weighted by molar-refractivity contribution is 0.101. The minimum atomic E-state index is 0.358. The zero-order chi connectivity index (χ0) is 11.1. The average molecular weight is 213 g/mol. The number of aliphatic hydroxyl groups excluding tert-OH is 1. The Morgan fingerprint density at radius 3 is 2.20 bits per heavy atom. The molecule has 1 aliphatic rings. The molecule has 2 atom stereocenters. The molecule has 0 bridgehead atoms. The third-order valence-corrected chi connectivity index (χ3v) is 3.70. The van der Waals surface area contributed by atoms with Gasteiger partial charge in [-0.05, 0) is 46.1 Å². The van der Waals surface area contributed by atoms with Gasteiger partial charge in [0, 0.05) is 18.7 Å². The Balaban J connectivity index is 2.12. The fourth-order valence-electron chi connectivity index (χ4n) is 2.68. The largest absolute Gasteiger partial charge is 0.396 e. The first kappa shape index (κ1) is 13.0. The van der Waals surface area contributed by atoms with Crippen molar-refractivity contribution < 1.29 is 5.11 Å². The van der Waals surface area contributed by atoms with E-state index >= 15 is 0 Å². The van der Waals surface area contributed by atoms with Gasteiger partial charge in [-0.3, -0.25) is 4.90 Å². The van der Waals surface area contributed by atoms with Crippen molar-refractivity contribution in [1.82, 2.24) is 4.90 Å². The maximum atomic E-state index is 8.69. The highest BCUT2D eigenvalue weighted by Crippen LogP contribution is 2.22. The number of piperidine rings is 1. The van der Waals surface area contributed by atoms with E-state index in [4.69, 9.17) is 5.11 Å².